The molecule has 0 radical (unpaired) electrons. The second-order valence-corrected chi connectivity index (χ2v) is 6.33. The highest BCUT2D eigenvalue weighted by Gasteiger charge is 2.32. The van der Waals surface area contributed by atoms with E-state index < -0.39 is 28.8 Å². The largest absolute Gasteiger partial charge is 0.394 e. The van der Waals surface area contributed by atoms with Gasteiger partial charge in [0.15, 0.2) is 0 Å². The number of sulfonamides is 1. The molecule has 0 aliphatic carbocycles. The molecule has 6 nitrogen and oxygen atoms in total. The highest BCUT2D eigenvalue weighted by Crippen LogP contribution is 2.18. The molecule has 0 aliphatic heterocycles. The zero-order chi connectivity index (χ0) is 15.4. The minimum atomic E-state index is -3.88. The van der Waals surface area contributed by atoms with Gasteiger partial charge in [-0.2, -0.15) is 5.26 Å². The molecule has 20 heavy (non-hydrogen) atoms. The minimum Gasteiger partial charge on any atom is -0.394 e. The van der Waals surface area contributed by atoms with Gasteiger partial charge < -0.3 is 10.2 Å². The molecule has 0 bridgehead atoms. The summed E-state index contributed by atoms with van der Waals surface area (Å²) in [6.45, 7) is 2.30. The fourth-order valence-electron chi connectivity index (χ4n) is 1.68. The van der Waals surface area contributed by atoms with Gasteiger partial charge >= 0.3 is 0 Å². The number of hydrogen-bond acceptors (Lipinski definition) is 5. The molecular weight excluding hydrogens is 280 g/mol. The molecule has 0 aliphatic rings. The summed E-state index contributed by atoms with van der Waals surface area (Å²) in [5.41, 5.74) is -0.346. The third-order valence-electron chi connectivity index (χ3n) is 3.26. The van der Waals surface area contributed by atoms with Gasteiger partial charge in [-0.3, -0.25) is 0 Å². The van der Waals surface area contributed by atoms with Crippen LogP contribution in [0.5, 0.6) is 0 Å². The van der Waals surface area contributed by atoms with Crippen molar-refractivity contribution in [3.63, 3.8) is 0 Å². The zero-order valence-electron chi connectivity index (χ0n) is 11.4. The molecule has 0 heterocycles. The van der Waals surface area contributed by atoms with Crippen molar-refractivity contribution >= 4 is 10.0 Å². The quantitative estimate of drug-likeness (QED) is 0.698. The van der Waals surface area contributed by atoms with Crippen molar-refractivity contribution in [1.29, 1.82) is 5.26 Å². The Morgan fingerprint density at radius 1 is 1.35 bits per heavy atom. The van der Waals surface area contributed by atoms with Gasteiger partial charge in [-0.1, -0.05) is 6.92 Å². The molecule has 0 saturated heterocycles. The Balaban J connectivity index is 3.18. The van der Waals surface area contributed by atoms with Gasteiger partial charge in [-0.05, 0) is 37.1 Å². The average Bonchev–Trinajstić information content (AvgIpc) is 2.44. The summed E-state index contributed by atoms with van der Waals surface area (Å²) in [4.78, 5) is -0.00581. The van der Waals surface area contributed by atoms with Crippen molar-refractivity contribution in [2.75, 3.05) is 13.2 Å². The van der Waals surface area contributed by atoms with Crippen LogP contribution in [0.15, 0.2) is 23.1 Å². The summed E-state index contributed by atoms with van der Waals surface area (Å²) < 4.78 is 26.8. The molecule has 3 N–H and O–H groups in total. The summed E-state index contributed by atoms with van der Waals surface area (Å²) in [6.07, 6.45) is 0.245. The van der Waals surface area contributed by atoms with Crippen LogP contribution in [0, 0.1) is 18.3 Å². The maximum absolute atomic E-state index is 12.3. The predicted molar refractivity (Wildman–Crippen MR) is 73.4 cm³/mol. The smallest absolute Gasteiger partial charge is 0.241 e. The van der Waals surface area contributed by atoms with E-state index >= 15 is 0 Å². The Hall–Kier alpha value is -1.46. The van der Waals surface area contributed by atoms with E-state index in [2.05, 4.69) is 4.72 Å². The van der Waals surface area contributed by atoms with Crippen molar-refractivity contribution in [3.8, 4) is 6.07 Å². The monoisotopic (exact) mass is 298 g/mol. The first-order valence-electron chi connectivity index (χ1n) is 6.10. The highest BCUT2D eigenvalue weighted by molar-refractivity contribution is 7.89. The molecule has 7 heteroatoms. The molecule has 0 spiro atoms. The van der Waals surface area contributed by atoms with Gasteiger partial charge in [0.05, 0.1) is 35.3 Å². The molecular formula is C13H18N2O4S. The number of aryl methyl sites for hydroxylation is 1. The molecule has 110 valence electrons. The summed E-state index contributed by atoms with van der Waals surface area (Å²) in [5.74, 6) is 0. The Bertz CT molecular complexity index is 607. The summed E-state index contributed by atoms with van der Waals surface area (Å²) in [7, 11) is -3.88. The second kappa shape index (κ2) is 6.33. The van der Waals surface area contributed by atoms with Crippen LogP contribution in [-0.4, -0.2) is 37.4 Å². The van der Waals surface area contributed by atoms with Gasteiger partial charge in [0, 0.05) is 0 Å². The van der Waals surface area contributed by atoms with Crippen molar-refractivity contribution in [2.45, 2.75) is 30.7 Å². The number of nitrogens with one attached hydrogen (secondary N) is 1. The normalized spacial score (nSPS) is 12.2. The van der Waals surface area contributed by atoms with E-state index in [4.69, 9.17) is 5.26 Å². The number of aliphatic hydroxyl groups is 2. The molecule has 0 aromatic heterocycles. The maximum Gasteiger partial charge on any atom is 0.241 e. The third-order valence-corrected chi connectivity index (χ3v) is 4.84. The van der Waals surface area contributed by atoms with Crippen LogP contribution < -0.4 is 4.72 Å². The molecule has 1 rings (SSSR count). The fraction of sp³-hybridized carbons (Fsp3) is 0.462. The SMILES string of the molecule is CCC(CO)(CO)NS(=O)(=O)c1ccc(C#N)c(C)c1. The fourth-order valence-corrected chi connectivity index (χ4v) is 3.22. The van der Waals surface area contributed by atoms with Crippen molar-refractivity contribution in [1.82, 2.24) is 4.72 Å². The van der Waals surface area contributed by atoms with E-state index in [-0.39, 0.29) is 11.3 Å². The molecule has 0 fully saturated rings. The highest BCUT2D eigenvalue weighted by atomic mass is 32.2. The second-order valence-electron chi connectivity index (χ2n) is 4.64. The molecule has 0 saturated carbocycles. The Labute approximate surface area is 118 Å². The first kappa shape index (κ1) is 16.6. The van der Waals surface area contributed by atoms with Gasteiger partial charge in [0.1, 0.15) is 0 Å². The van der Waals surface area contributed by atoms with Crippen LogP contribution >= 0.6 is 0 Å². The summed E-state index contributed by atoms with van der Waals surface area (Å²) in [5, 5.41) is 27.4. The molecule has 0 amide bonds. The van der Waals surface area contributed by atoms with E-state index in [1.165, 1.54) is 18.2 Å². The molecule has 1 aromatic rings. The van der Waals surface area contributed by atoms with Crippen molar-refractivity contribution in [3.05, 3.63) is 29.3 Å². The van der Waals surface area contributed by atoms with Gasteiger partial charge in [0.25, 0.3) is 0 Å². The van der Waals surface area contributed by atoms with E-state index in [9.17, 15) is 18.6 Å². The topological polar surface area (TPSA) is 110 Å². The minimum absolute atomic E-state index is 0.00581. The molecule has 1 aromatic carbocycles. The van der Waals surface area contributed by atoms with Crippen LogP contribution in [0.4, 0.5) is 0 Å². The van der Waals surface area contributed by atoms with Crippen LogP contribution in [-0.2, 0) is 10.0 Å². The Kier molecular flexibility index (Phi) is 5.25. The zero-order valence-corrected chi connectivity index (χ0v) is 12.2. The van der Waals surface area contributed by atoms with Crippen molar-refractivity contribution < 1.29 is 18.6 Å². The first-order valence-corrected chi connectivity index (χ1v) is 7.59. The van der Waals surface area contributed by atoms with Crippen LogP contribution in [0.1, 0.15) is 24.5 Å². The number of aliphatic hydroxyl groups excluding tert-OH is 2. The summed E-state index contributed by atoms with van der Waals surface area (Å²) in [6, 6.07) is 6.09. The number of nitrogens with zero attached hydrogens (tertiary/aromatic N) is 1. The number of benzene rings is 1. The molecule has 0 unspecified atom stereocenters. The number of rotatable bonds is 6. The maximum atomic E-state index is 12.3. The lowest BCUT2D eigenvalue weighted by atomic mass is 10.0. The number of nitriles is 1. The first-order chi connectivity index (χ1) is 9.34. The standard InChI is InChI=1S/C13H18N2O4S/c1-3-13(8-16,9-17)15-20(18,19)12-5-4-11(7-14)10(2)6-12/h4-6,15-17H,3,8-9H2,1-2H3. The predicted octanol–water partition coefficient (Wildman–Crippen LogP) is 0.278. The number of hydrogen-bond donors (Lipinski definition) is 3. The van der Waals surface area contributed by atoms with Gasteiger partial charge in [-0.25, -0.2) is 13.1 Å². The van der Waals surface area contributed by atoms with Gasteiger partial charge in [0.2, 0.25) is 10.0 Å². The lowest BCUT2D eigenvalue weighted by Crippen LogP contribution is -2.53. The van der Waals surface area contributed by atoms with Crippen LogP contribution in [0.25, 0.3) is 0 Å². The summed E-state index contributed by atoms with van der Waals surface area (Å²) >= 11 is 0. The van der Waals surface area contributed by atoms with E-state index in [0.717, 1.165) is 0 Å². The Morgan fingerprint density at radius 2 is 1.95 bits per heavy atom. The Morgan fingerprint density at radius 3 is 2.35 bits per heavy atom. The van der Waals surface area contributed by atoms with Crippen LogP contribution in [0.3, 0.4) is 0 Å². The third kappa shape index (κ3) is 3.35. The van der Waals surface area contributed by atoms with E-state index in [0.29, 0.717) is 11.1 Å². The van der Waals surface area contributed by atoms with E-state index in [1.54, 1.807) is 13.8 Å². The van der Waals surface area contributed by atoms with Gasteiger partial charge in [-0.15, -0.1) is 0 Å². The van der Waals surface area contributed by atoms with Crippen LogP contribution in [0.2, 0.25) is 0 Å². The molecule has 0 atom stereocenters. The van der Waals surface area contributed by atoms with Crippen molar-refractivity contribution in [2.24, 2.45) is 0 Å². The average molecular weight is 298 g/mol. The van der Waals surface area contributed by atoms with E-state index in [1.807, 2.05) is 6.07 Å². The lowest BCUT2D eigenvalue weighted by molar-refractivity contribution is 0.105. The lowest BCUT2D eigenvalue weighted by Gasteiger charge is -2.29.